The van der Waals surface area contributed by atoms with Crippen molar-refractivity contribution in [1.29, 1.82) is 0 Å². The normalized spacial score (nSPS) is 23.0. The van der Waals surface area contributed by atoms with Gasteiger partial charge in [-0.3, -0.25) is 5.10 Å². The lowest BCUT2D eigenvalue weighted by atomic mass is 9.98. The molecule has 0 aromatic carbocycles. The summed E-state index contributed by atoms with van der Waals surface area (Å²) < 4.78 is 0. The Kier molecular flexibility index (Phi) is 6.22. The predicted octanol–water partition coefficient (Wildman–Crippen LogP) is 4.03. The number of nitrogens with one attached hydrogen (secondary N) is 3. The highest BCUT2D eigenvalue weighted by atomic mass is 16.4. The molecule has 0 unspecified atom stereocenters. The number of aromatic amines is 1. The molecule has 0 spiro atoms. The number of hydrogen-bond donors (Lipinski definition) is 4. The fraction of sp³-hybridized carbons (Fsp3) is 0.591. The number of H-pyrrole nitrogens is 1. The van der Waals surface area contributed by atoms with Gasteiger partial charge in [0.2, 0.25) is 0 Å². The Labute approximate surface area is 177 Å². The van der Waals surface area contributed by atoms with Crippen molar-refractivity contribution < 1.29 is 9.90 Å². The summed E-state index contributed by atoms with van der Waals surface area (Å²) in [5, 5.41) is 22.1. The molecule has 30 heavy (non-hydrogen) atoms. The molecule has 1 fully saturated rings. The molecule has 0 aliphatic heterocycles. The van der Waals surface area contributed by atoms with Crippen molar-refractivity contribution in [2.24, 2.45) is 5.92 Å². The van der Waals surface area contributed by atoms with E-state index in [1.54, 1.807) is 0 Å². The number of hydrogen-bond acceptors (Lipinski definition) is 5. The second-order valence-corrected chi connectivity index (χ2v) is 8.83. The van der Waals surface area contributed by atoms with Gasteiger partial charge in [-0.25, -0.2) is 9.78 Å². The van der Waals surface area contributed by atoms with E-state index in [2.05, 4.69) is 52.0 Å². The van der Waals surface area contributed by atoms with Crippen LogP contribution in [0.1, 0.15) is 67.4 Å². The molecular weight excluding hydrogens is 380 g/mol. The first kappa shape index (κ1) is 20.7. The highest BCUT2D eigenvalue weighted by molar-refractivity contribution is 5.64. The van der Waals surface area contributed by atoms with E-state index in [1.807, 2.05) is 6.07 Å². The first-order valence-corrected chi connectivity index (χ1v) is 10.9. The third kappa shape index (κ3) is 4.75. The molecule has 2 aromatic rings. The van der Waals surface area contributed by atoms with Crippen LogP contribution >= 0.6 is 0 Å². The molecule has 1 amide bonds. The van der Waals surface area contributed by atoms with Crippen molar-refractivity contribution in [1.82, 2.24) is 25.4 Å². The SMILES string of the molecule is CN(C)[C@H]1CCc2nc(Nc3cc([C@@H]4CC[C@@H](CCCNC(=O)O)C4)[nH]n3)ccc21. The number of anilines is 2. The minimum absolute atomic E-state index is 0.466. The van der Waals surface area contributed by atoms with Gasteiger partial charge in [-0.2, -0.15) is 5.10 Å². The fourth-order valence-corrected chi connectivity index (χ4v) is 5.00. The van der Waals surface area contributed by atoms with Gasteiger partial charge in [0, 0.05) is 36.0 Å². The third-order valence-corrected chi connectivity index (χ3v) is 6.55. The second kappa shape index (κ2) is 9.04. The van der Waals surface area contributed by atoms with Crippen LogP contribution in [0.5, 0.6) is 0 Å². The average Bonchev–Trinajstić information content (AvgIpc) is 3.44. The first-order valence-electron chi connectivity index (χ1n) is 10.9. The minimum atomic E-state index is -0.938. The molecule has 0 saturated heterocycles. The number of aromatic nitrogens is 3. The summed E-state index contributed by atoms with van der Waals surface area (Å²) in [5.41, 5.74) is 3.70. The molecule has 2 aromatic heterocycles. The van der Waals surface area contributed by atoms with E-state index < -0.39 is 6.09 Å². The number of carboxylic acid groups (broad SMARTS) is 1. The Hall–Kier alpha value is -2.61. The van der Waals surface area contributed by atoms with Gasteiger partial charge in [-0.15, -0.1) is 0 Å². The number of pyridine rings is 1. The lowest BCUT2D eigenvalue weighted by molar-refractivity contribution is 0.194. The van der Waals surface area contributed by atoms with E-state index in [0.29, 0.717) is 24.4 Å². The smallest absolute Gasteiger partial charge is 0.404 e. The van der Waals surface area contributed by atoms with Crippen molar-refractivity contribution in [3.05, 3.63) is 35.2 Å². The number of aryl methyl sites for hydroxylation is 1. The molecule has 2 aliphatic carbocycles. The zero-order valence-corrected chi connectivity index (χ0v) is 17.8. The minimum Gasteiger partial charge on any atom is -0.465 e. The van der Waals surface area contributed by atoms with Crippen LogP contribution in [-0.2, 0) is 6.42 Å². The number of rotatable bonds is 8. The number of fused-ring (bicyclic) bond motifs is 1. The molecule has 8 heteroatoms. The predicted molar refractivity (Wildman–Crippen MR) is 116 cm³/mol. The van der Waals surface area contributed by atoms with Crippen molar-refractivity contribution in [3.63, 3.8) is 0 Å². The summed E-state index contributed by atoms with van der Waals surface area (Å²) in [6.07, 6.45) is 6.66. The van der Waals surface area contributed by atoms with E-state index in [9.17, 15) is 4.79 Å². The Balaban J connectivity index is 1.30. The van der Waals surface area contributed by atoms with E-state index in [1.165, 1.54) is 23.4 Å². The van der Waals surface area contributed by atoms with Crippen LogP contribution in [0.15, 0.2) is 18.2 Å². The van der Waals surface area contributed by atoms with Gasteiger partial charge in [-0.1, -0.05) is 6.07 Å². The van der Waals surface area contributed by atoms with Crippen molar-refractivity contribution in [2.75, 3.05) is 26.0 Å². The fourth-order valence-electron chi connectivity index (χ4n) is 5.00. The van der Waals surface area contributed by atoms with Crippen LogP contribution in [0, 0.1) is 5.92 Å². The molecule has 162 valence electrons. The Bertz CT molecular complexity index is 880. The summed E-state index contributed by atoms with van der Waals surface area (Å²) >= 11 is 0. The maximum Gasteiger partial charge on any atom is 0.404 e. The monoisotopic (exact) mass is 412 g/mol. The van der Waals surface area contributed by atoms with Crippen LogP contribution in [0.2, 0.25) is 0 Å². The van der Waals surface area contributed by atoms with E-state index in [4.69, 9.17) is 10.1 Å². The highest BCUT2D eigenvalue weighted by Crippen LogP contribution is 2.40. The molecule has 3 atom stereocenters. The summed E-state index contributed by atoms with van der Waals surface area (Å²) in [6.45, 7) is 0.539. The lowest BCUT2D eigenvalue weighted by Gasteiger charge is -2.19. The van der Waals surface area contributed by atoms with Gasteiger partial charge >= 0.3 is 6.09 Å². The lowest BCUT2D eigenvalue weighted by Crippen LogP contribution is -2.22. The van der Waals surface area contributed by atoms with Crippen molar-refractivity contribution >= 4 is 17.7 Å². The molecule has 4 rings (SSSR count). The zero-order valence-electron chi connectivity index (χ0n) is 17.8. The molecule has 0 radical (unpaired) electrons. The molecule has 2 heterocycles. The van der Waals surface area contributed by atoms with Gasteiger partial charge in [-0.05, 0) is 76.6 Å². The maximum absolute atomic E-state index is 10.5. The largest absolute Gasteiger partial charge is 0.465 e. The van der Waals surface area contributed by atoms with Gasteiger partial charge < -0.3 is 20.6 Å². The molecular formula is C22H32N6O2. The highest BCUT2D eigenvalue weighted by Gasteiger charge is 2.28. The van der Waals surface area contributed by atoms with Crippen LogP contribution in [0.25, 0.3) is 0 Å². The summed E-state index contributed by atoms with van der Waals surface area (Å²) in [7, 11) is 4.25. The van der Waals surface area contributed by atoms with Crippen LogP contribution in [-0.4, -0.2) is 51.9 Å². The molecule has 8 nitrogen and oxygen atoms in total. The average molecular weight is 413 g/mol. The van der Waals surface area contributed by atoms with Crippen molar-refractivity contribution in [2.45, 2.75) is 56.9 Å². The summed E-state index contributed by atoms with van der Waals surface area (Å²) in [6, 6.07) is 6.81. The zero-order chi connectivity index (χ0) is 21.1. The van der Waals surface area contributed by atoms with E-state index in [-0.39, 0.29) is 0 Å². The topological polar surface area (TPSA) is 106 Å². The van der Waals surface area contributed by atoms with E-state index in [0.717, 1.165) is 50.2 Å². The summed E-state index contributed by atoms with van der Waals surface area (Å²) in [5.74, 6) is 2.82. The van der Waals surface area contributed by atoms with Gasteiger partial charge in [0.15, 0.2) is 5.82 Å². The van der Waals surface area contributed by atoms with Gasteiger partial charge in [0.1, 0.15) is 5.82 Å². The summed E-state index contributed by atoms with van der Waals surface area (Å²) in [4.78, 5) is 17.6. The Morgan fingerprint density at radius 3 is 2.93 bits per heavy atom. The van der Waals surface area contributed by atoms with Crippen molar-refractivity contribution in [3.8, 4) is 0 Å². The molecule has 1 saturated carbocycles. The number of nitrogens with zero attached hydrogens (tertiary/aromatic N) is 3. The first-order chi connectivity index (χ1) is 14.5. The quantitative estimate of drug-likeness (QED) is 0.488. The molecule has 2 aliphatic rings. The molecule has 0 bridgehead atoms. The maximum atomic E-state index is 10.5. The Morgan fingerprint density at radius 2 is 2.13 bits per heavy atom. The second-order valence-electron chi connectivity index (χ2n) is 8.83. The Morgan fingerprint density at radius 1 is 1.27 bits per heavy atom. The third-order valence-electron chi connectivity index (χ3n) is 6.55. The standard InChI is InChI=1S/C22H32N6O2/c1-28(2)19-9-8-17-16(19)7-10-20(24-17)25-21-13-18(26-27-21)15-6-5-14(12-15)4-3-11-23-22(29)30/h7,10,13-15,19,23H,3-6,8-9,11-12H2,1-2H3,(H,29,30)(H2,24,25,26,27)/t14-,15-,19+/m1/s1. The number of carbonyl (C=O) groups is 1. The number of amides is 1. The van der Waals surface area contributed by atoms with Gasteiger partial charge in [0.05, 0.1) is 0 Å². The van der Waals surface area contributed by atoms with Crippen LogP contribution < -0.4 is 10.6 Å². The van der Waals surface area contributed by atoms with Crippen LogP contribution in [0.3, 0.4) is 0 Å². The van der Waals surface area contributed by atoms with Gasteiger partial charge in [0.25, 0.3) is 0 Å². The van der Waals surface area contributed by atoms with E-state index >= 15 is 0 Å². The van der Waals surface area contributed by atoms with Crippen LogP contribution in [0.4, 0.5) is 16.4 Å². The molecule has 4 N–H and O–H groups in total.